The Morgan fingerprint density at radius 1 is 1.45 bits per heavy atom. The number of carbonyl (C=O) groups is 1. The lowest BCUT2D eigenvalue weighted by molar-refractivity contribution is -0.193. The average Bonchev–Trinajstić information content (AvgIpc) is 2.96. The van der Waals surface area contributed by atoms with Crippen molar-refractivity contribution in [2.75, 3.05) is 7.11 Å². The quantitative estimate of drug-likeness (QED) is 0.601. The van der Waals surface area contributed by atoms with Crippen molar-refractivity contribution in [3.05, 3.63) is 11.6 Å². The number of methoxy groups -OCH3 is 1. The first kappa shape index (κ1) is 15.7. The third kappa shape index (κ3) is 3.13. The molecule has 0 aromatic carbocycles. The summed E-state index contributed by atoms with van der Waals surface area (Å²) < 4.78 is 10.8. The Kier molecular flexibility index (Phi) is 5.35. The molecule has 0 unspecified atom stereocenters. The van der Waals surface area contributed by atoms with Crippen molar-refractivity contribution in [3.63, 3.8) is 0 Å². The fraction of sp³-hybridized carbons (Fsp3) is 0.812. The fourth-order valence-corrected chi connectivity index (χ4v) is 3.81. The second kappa shape index (κ2) is 6.83. The van der Waals surface area contributed by atoms with Crippen LogP contribution in [0.25, 0.3) is 0 Å². The molecule has 0 aromatic heterocycles. The maximum Gasteiger partial charge on any atom is 0.163 e. The molecule has 1 aliphatic heterocycles. The van der Waals surface area contributed by atoms with E-state index in [9.17, 15) is 9.90 Å². The van der Waals surface area contributed by atoms with Gasteiger partial charge in [0.15, 0.2) is 12.6 Å². The molecule has 0 aromatic rings. The lowest BCUT2D eigenvalue weighted by Crippen LogP contribution is -2.30. The van der Waals surface area contributed by atoms with Gasteiger partial charge in [0, 0.05) is 24.9 Å². The van der Waals surface area contributed by atoms with Crippen LogP contribution >= 0.6 is 0 Å². The highest BCUT2D eigenvalue weighted by atomic mass is 16.7. The van der Waals surface area contributed by atoms with Crippen LogP contribution in [0.3, 0.4) is 0 Å². The summed E-state index contributed by atoms with van der Waals surface area (Å²) in [5, 5.41) is 9.92. The van der Waals surface area contributed by atoms with Gasteiger partial charge < -0.3 is 19.4 Å². The van der Waals surface area contributed by atoms with Gasteiger partial charge in [0.2, 0.25) is 0 Å². The van der Waals surface area contributed by atoms with Crippen LogP contribution in [0.4, 0.5) is 0 Å². The van der Waals surface area contributed by atoms with Crippen molar-refractivity contribution in [3.8, 4) is 0 Å². The minimum Gasteiger partial charge on any atom is -0.368 e. The maximum atomic E-state index is 11.5. The van der Waals surface area contributed by atoms with E-state index in [2.05, 4.69) is 19.9 Å². The second-order valence-corrected chi connectivity index (χ2v) is 6.27. The van der Waals surface area contributed by atoms with E-state index in [4.69, 9.17) is 9.47 Å². The lowest BCUT2D eigenvalue weighted by atomic mass is 9.80. The zero-order chi connectivity index (χ0) is 14.7. The topological polar surface area (TPSA) is 55.8 Å². The first-order valence-corrected chi connectivity index (χ1v) is 7.53. The van der Waals surface area contributed by atoms with Crippen LogP contribution < -0.4 is 0 Å². The van der Waals surface area contributed by atoms with Crippen LogP contribution in [0.1, 0.15) is 39.5 Å². The van der Waals surface area contributed by atoms with E-state index in [-0.39, 0.29) is 30.0 Å². The summed E-state index contributed by atoms with van der Waals surface area (Å²) in [5.74, 6) is 0.574. The van der Waals surface area contributed by atoms with Gasteiger partial charge in [0.05, 0.1) is 0 Å². The number of hydrogen-bond acceptors (Lipinski definition) is 4. The number of rotatable bonds is 6. The first-order valence-electron chi connectivity index (χ1n) is 7.53. The van der Waals surface area contributed by atoms with E-state index < -0.39 is 6.29 Å². The highest BCUT2D eigenvalue weighted by molar-refractivity contribution is 5.54. The molecule has 1 N–H and O–H groups in total. The number of fused-ring (bicyclic) bond motifs is 1. The van der Waals surface area contributed by atoms with Crippen molar-refractivity contribution in [1.82, 2.24) is 0 Å². The molecule has 1 heterocycles. The Balaban J connectivity index is 2.03. The molecule has 1 saturated heterocycles. The highest BCUT2D eigenvalue weighted by Crippen LogP contribution is 2.50. The van der Waals surface area contributed by atoms with Crippen LogP contribution in [0.15, 0.2) is 11.6 Å². The molecule has 0 amide bonds. The summed E-state index contributed by atoms with van der Waals surface area (Å²) in [6.07, 6.45) is 5.86. The van der Waals surface area contributed by atoms with Crippen LogP contribution in [-0.4, -0.2) is 31.1 Å². The minimum atomic E-state index is -0.736. The predicted octanol–water partition coefficient (Wildman–Crippen LogP) is 2.51. The van der Waals surface area contributed by atoms with Gasteiger partial charge in [-0.15, -0.1) is 0 Å². The Bertz CT molecular complexity index is 361. The number of hydrogen-bond donors (Lipinski definition) is 1. The van der Waals surface area contributed by atoms with E-state index in [1.807, 2.05) is 0 Å². The predicted molar refractivity (Wildman–Crippen MR) is 75.8 cm³/mol. The Morgan fingerprint density at radius 2 is 2.20 bits per heavy atom. The number of allylic oxidation sites excluding steroid dienone is 2. The molecule has 2 rings (SSSR count). The van der Waals surface area contributed by atoms with Gasteiger partial charge in [0.25, 0.3) is 0 Å². The van der Waals surface area contributed by atoms with E-state index in [1.54, 1.807) is 7.11 Å². The van der Waals surface area contributed by atoms with E-state index >= 15 is 0 Å². The van der Waals surface area contributed by atoms with Crippen molar-refractivity contribution in [1.29, 1.82) is 0 Å². The van der Waals surface area contributed by atoms with Crippen LogP contribution in [0, 0.1) is 23.7 Å². The van der Waals surface area contributed by atoms with Gasteiger partial charge in [-0.05, 0) is 45.4 Å². The van der Waals surface area contributed by atoms with Crippen molar-refractivity contribution in [2.24, 2.45) is 23.7 Å². The molecule has 2 fully saturated rings. The summed E-state index contributed by atoms with van der Waals surface area (Å²) >= 11 is 0. The molecule has 4 heteroatoms. The van der Waals surface area contributed by atoms with Gasteiger partial charge in [-0.2, -0.15) is 0 Å². The van der Waals surface area contributed by atoms with Gasteiger partial charge in [-0.1, -0.05) is 11.6 Å². The van der Waals surface area contributed by atoms with E-state index in [1.165, 1.54) is 5.57 Å². The van der Waals surface area contributed by atoms with Gasteiger partial charge >= 0.3 is 0 Å². The van der Waals surface area contributed by atoms with E-state index in [0.717, 1.165) is 32.0 Å². The molecule has 114 valence electrons. The SMILES string of the molecule is CO[C@H]1O[C@@H](O)[C@@H]2CC[C@@H]([C@H](C=O)CCC=C(C)C)[C@H]12. The molecule has 0 radical (unpaired) electrons. The Hall–Kier alpha value is -0.710. The van der Waals surface area contributed by atoms with Crippen LogP contribution in [0.5, 0.6) is 0 Å². The molecule has 1 aliphatic carbocycles. The fourth-order valence-electron chi connectivity index (χ4n) is 3.81. The molecule has 2 aliphatic rings. The Labute approximate surface area is 121 Å². The zero-order valence-corrected chi connectivity index (χ0v) is 12.6. The lowest BCUT2D eigenvalue weighted by Gasteiger charge is -2.27. The minimum absolute atomic E-state index is 0.0344. The standard InChI is InChI=1S/C16H26O4/c1-10(2)5-4-6-11(9-17)12-7-8-13-14(12)16(19-3)20-15(13)18/h5,9,11-16,18H,4,6-8H2,1-3H3/t11-,12-,13+,14-,15+,16-/m0/s1. The first-order chi connectivity index (χ1) is 9.58. The van der Waals surface area contributed by atoms with Crippen molar-refractivity contribution in [2.45, 2.75) is 52.1 Å². The summed E-state index contributed by atoms with van der Waals surface area (Å²) in [4.78, 5) is 11.5. The van der Waals surface area contributed by atoms with Gasteiger partial charge in [-0.3, -0.25) is 0 Å². The largest absolute Gasteiger partial charge is 0.368 e. The summed E-state index contributed by atoms with van der Waals surface area (Å²) in [6.45, 7) is 4.15. The smallest absolute Gasteiger partial charge is 0.163 e. The summed E-state index contributed by atoms with van der Waals surface area (Å²) in [7, 11) is 1.61. The number of ether oxygens (including phenoxy) is 2. The maximum absolute atomic E-state index is 11.5. The van der Waals surface area contributed by atoms with Crippen LogP contribution in [-0.2, 0) is 14.3 Å². The molecular formula is C16H26O4. The molecule has 6 atom stereocenters. The second-order valence-electron chi connectivity index (χ2n) is 6.27. The third-order valence-electron chi connectivity index (χ3n) is 4.79. The van der Waals surface area contributed by atoms with Gasteiger partial charge in [0.1, 0.15) is 6.29 Å². The number of aldehydes is 1. The summed E-state index contributed by atoms with van der Waals surface area (Å²) in [6, 6.07) is 0. The zero-order valence-electron chi connectivity index (χ0n) is 12.6. The Morgan fingerprint density at radius 3 is 2.80 bits per heavy atom. The van der Waals surface area contributed by atoms with Crippen LogP contribution in [0.2, 0.25) is 0 Å². The molecule has 0 bridgehead atoms. The monoisotopic (exact) mass is 282 g/mol. The number of carbonyl (C=O) groups excluding carboxylic acids is 1. The summed E-state index contributed by atoms with van der Waals surface area (Å²) in [5.41, 5.74) is 1.29. The van der Waals surface area contributed by atoms with Gasteiger partial charge in [-0.25, -0.2) is 0 Å². The number of aliphatic hydroxyl groups excluding tert-OH is 1. The third-order valence-corrected chi connectivity index (χ3v) is 4.79. The highest BCUT2D eigenvalue weighted by Gasteiger charge is 2.53. The van der Waals surface area contributed by atoms with Crippen molar-refractivity contribution >= 4 is 6.29 Å². The molecule has 0 spiro atoms. The normalized spacial score (nSPS) is 37.5. The molecule has 20 heavy (non-hydrogen) atoms. The molecule has 4 nitrogen and oxygen atoms in total. The van der Waals surface area contributed by atoms with E-state index in [0.29, 0.717) is 0 Å². The number of aliphatic hydroxyl groups is 1. The molecular weight excluding hydrogens is 256 g/mol. The molecule has 1 saturated carbocycles. The van der Waals surface area contributed by atoms with Crippen molar-refractivity contribution < 1.29 is 19.4 Å². The average molecular weight is 282 g/mol.